The summed E-state index contributed by atoms with van der Waals surface area (Å²) >= 11 is 0. The molecule has 122 valence electrons. The van der Waals surface area contributed by atoms with Gasteiger partial charge in [-0.1, -0.05) is 24.4 Å². The van der Waals surface area contributed by atoms with Crippen LogP contribution in [0, 0.1) is 11.3 Å². The maximum Gasteiger partial charge on any atom is 0.150 e. The van der Waals surface area contributed by atoms with Crippen molar-refractivity contribution >= 4 is 0 Å². The topological polar surface area (TPSA) is 61.5 Å². The van der Waals surface area contributed by atoms with Gasteiger partial charge in [0.25, 0.3) is 0 Å². The van der Waals surface area contributed by atoms with Gasteiger partial charge in [0.05, 0.1) is 18.8 Å². The van der Waals surface area contributed by atoms with E-state index in [9.17, 15) is 5.11 Å². The molecule has 1 aromatic heterocycles. The normalized spacial score (nSPS) is 33.4. The Morgan fingerprint density at radius 1 is 1.36 bits per heavy atom. The lowest BCUT2D eigenvalue weighted by atomic mass is 9.82. The second-order valence-corrected chi connectivity index (χ2v) is 7.57. The van der Waals surface area contributed by atoms with Crippen LogP contribution in [0.5, 0.6) is 0 Å². The highest BCUT2D eigenvalue weighted by molar-refractivity contribution is 5.12. The first kappa shape index (κ1) is 14.7. The number of aliphatic hydroxyl groups is 1. The molecule has 0 bridgehead atoms. The van der Waals surface area contributed by atoms with E-state index in [0.29, 0.717) is 11.8 Å². The average molecular weight is 305 g/mol. The predicted molar refractivity (Wildman–Crippen MR) is 83.5 cm³/mol. The van der Waals surface area contributed by atoms with E-state index >= 15 is 0 Å². The molecular formula is C17H27N3O2. The fourth-order valence-electron chi connectivity index (χ4n) is 4.69. The fraction of sp³-hybridized carbons (Fsp3) is 0.824. The molecule has 5 heteroatoms. The molecule has 2 saturated heterocycles. The van der Waals surface area contributed by atoms with Gasteiger partial charge in [0.1, 0.15) is 0 Å². The summed E-state index contributed by atoms with van der Waals surface area (Å²) in [5.74, 6) is 2.16. The third-order valence-corrected chi connectivity index (χ3v) is 6.05. The van der Waals surface area contributed by atoms with E-state index in [1.165, 1.54) is 32.1 Å². The highest BCUT2D eigenvalue weighted by atomic mass is 16.5. The Morgan fingerprint density at radius 3 is 3.00 bits per heavy atom. The van der Waals surface area contributed by atoms with Crippen LogP contribution in [0.15, 0.2) is 10.6 Å². The minimum atomic E-state index is 0.0617. The van der Waals surface area contributed by atoms with Gasteiger partial charge in [-0.15, -0.1) is 0 Å². The molecule has 22 heavy (non-hydrogen) atoms. The third kappa shape index (κ3) is 2.59. The van der Waals surface area contributed by atoms with Gasteiger partial charge in [-0.2, -0.15) is 0 Å². The van der Waals surface area contributed by atoms with E-state index < -0.39 is 0 Å². The zero-order chi connectivity index (χ0) is 15.0. The molecule has 3 aliphatic rings. The summed E-state index contributed by atoms with van der Waals surface area (Å²) in [6.45, 7) is 5.09. The number of hydrogen-bond donors (Lipinski definition) is 2. The van der Waals surface area contributed by atoms with E-state index in [4.69, 9.17) is 4.52 Å². The second kappa shape index (κ2) is 5.95. The lowest BCUT2D eigenvalue weighted by molar-refractivity contribution is 0.122. The van der Waals surface area contributed by atoms with Crippen LogP contribution in [0.4, 0.5) is 0 Å². The molecule has 0 radical (unpaired) electrons. The van der Waals surface area contributed by atoms with Crippen LogP contribution >= 0.6 is 0 Å². The van der Waals surface area contributed by atoms with Gasteiger partial charge in [-0.25, -0.2) is 0 Å². The molecule has 0 amide bonds. The highest BCUT2D eigenvalue weighted by Crippen LogP contribution is 2.39. The molecular weight excluding hydrogens is 278 g/mol. The smallest absolute Gasteiger partial charge is 0.150 e. The van der Waals surface area contributed by atoms with Gasteiger partial charge in [0.15, 0.2) is 5.76 Å². The first-order valence-corrected chi connectivity index (χ1v) is 8.78. The number of aromatic nitrogens is 1. The van der Waals surface area contributed by atoms with Gasteiger partial charge in [0, 0.05) is 37.0 Å². The first-order valence-electron chi connectivity index (χ1n) is 8.78. The number of rotatable bonds is 4. The van der Waals surface area contributed by atoms with Crippen LogP contribution in [0.25, 0.3) is 0 Å². The second-order valence-electron chi connectivity index (χ2n) is 7.57. The summed E-state index contributed by atoms with van der Waals surface area (Å²) in [5, 5.41) is 17.5. The molecule has 2 unspecified atom stereocenters. The summed E-state index contributed by atoms with van der Waals surface area (Å²) in [7, 11) is 0. The van der Waals surface area contributed by atoms with Crippen molar-refractivity contribution in [2.45, 2.75) is 44.6 Å². The van der Waals surface area contributed by atoms with Crippen molar-refractivity contribution < 1.29 is 9.63 Å². The zero-order valence-corrected chi connectivity index (χ0v) is 13.3. The summed E-state index contributed by atoms with van der Waals surface area (Å²) in [6, 6.07) is 2.17. The Kier molecular flexibility index (Phi) is 3.96. The van der Waals surface area contributed by atoms with Crippen LogP contribution in [-0.2, 0) is 6.54 Å². The summed E-state index contributed by atoms with van der Waals surface area (Å²) in [6.07, 6.45) is 6.54. The molecule has 2 aliphatic heterocycles. The van der Waals surface area contributed by atoms with Gasteiger partial charge >= 0.3 is 0 Å². The predicted octanol–water partition coefficient (Wildman–Crippen LogP) is 1.74. The highest BCUT2D eigenvalue weighted by Gasteiger charge is 2.49. The summed E-state index contributed by atoms with van der Waals surface area (Å²) in [5.41, 5.74) is 1.22. The van der Waals surface area contributed by atoms with E-state index in [1.54, 1.807) is 0 Å². The van der Waals surface area contributed by atoms with Crippen molar-refractivity contribution in [3.05, 3.63) is 17.5 Å². The van der Waals surface area contributed by atoms with Crippen LogP contribution in [0.3, 0.4) is 0 Å². The Labute approximate surface area is 132 Å². The quantitative estimate of drug-likeness (QED) is 0.887. The monoisotopic (exact) mass is 305 g/mol. The van der Waals surface area contributed by atoms with Crippen LogP contribution in [-0.4, -0.2) is 47.9 Å². The Hall–Kier alpha value is -0.910. The molecule has 0 aromatic carbocycles. The van der Waals surface area contributed by atoms with Crippen molar-refractivity contribution in [2.75, 3.05) is 32.8 Å². The van der Waals surface area contributed by atoms with Gasteiger partial charge in [-0.3, -0.25) is 4.90 Å². The molecule has 5 nitrogen and oxygen atoms in total. The molecule has 3 fully saturated rings. The lowest BCUT2D eigenvalue weighted by Gasteiger charge is -2.25. The maximum atomic E-state index is 9.78. The number of aliphatic hydroxyl groups excluding tert-OH is 1. The van der Waals surface area contributed by atoms with Crippen molar-refractivity contribution in [1.82, 2.24) is 15.4 Å². The molecule has 2 N–H and O–H groups in total. The Morgan fingerprint density at radius 2 is 2.23 bits per heavy atom. The standard InChI is InChI=1S/C17H27N3O2/c21-12-17-10-18-7-14(17)8-20(11-17)9-15-6-16(19-22-15)13-4-2-1-3-5-13/h6,13-14,18,21H,1-5,7-12H2. The van der Waals surface area contributed by atoms with E-state index in [1.807, 2.05) is 0 Å². The minimum absolute atomic E-state index is 0.0617. The summed E-state index contributed by atoms with van der Waals surface area (Å²) < 4.78 is 5.60. The summed E-state index contributed by atoms with van der Waals surface area (Å²) in [4.78, 5) is 2.42. The largest absolute Gasteiger partial charge is 0.396 e. The van der Waals surface area contributed by atoms with Gasteiger partial charge in [-0.05, 0) is 25.3 Å². The molecule has 1 aliphatic carbocycles. The lowest BCUT2D eigenvalue weighted by Crippen LogP contribution is -2.35. The molecule has 3 heterocycles. The van der Waals surface area contributed by atoms with E-state index in [-0.39, 0.29) is 12.0 Å². The average Bonchev–Trinajstić information content (AvgIpc) is 3.22. The van der Waals surface area contributed by atoms with Gasteiger partial charge < -0.3 is 14.9 Å². The Balaban J connectivity index is 1.39. The van der Waals surface area contributed by atoms with Crippen LogP contribution in [0.1, 0.15) is 49.5 Å². The molecule has 0 spiro atoms. The zero-order valence-electron chi connectivity index (χ0n) is 13.3. The minimum Gasteiger partial charge on any atom is -0.396 e. The van der Waals surface area contributed by atoms with Gasteiger partial charge in [0.2, 0.25) is 0 Å². The van der Waals surface area contributed by atoms with Crippen molar-refractivity contribution in [1.29, 1.82) is 0 Å². The van der Waals surface area contributed by atoms with Crippen molar-refractivity contribution in [3.8, 4) is 0 Å². The fourth-order valence-corrected chi connectivity index (χ4v) is 4.69. The Bertz CT molecular complexity index is 512. The van der Waals surface area contributed by atoms with Crippen LogP contribution in [0.2, 0.25) is 0 Å². The van der Waals surface area contributed by atoms with Crippen LogP contribution < -0.4 is 5.32 Å². The SMILES string of the molecule is OCC12CNCC1CN(Cc1cc(C3CCCCC3)no1)C2. The van der Waals surface area contributed by atoms with Crippen molar-refractivity contribution in [3.63, 3.8) is 0 Å². The van der Waals surface area contributed by atoms with E-state index in [0.717, 1.165) is 44.2 Å². The molecule has 1 aromatic rings. The molecule has 2 atom stereocenters. The molecule has 1 saturated carbocycles. The first-order chi connectivity index (χ1) is 10.8. The number of hydrogen-bond acceptors (Lipinski definition) is 5. The maximum absolute atomic E-state index is 9.78. The molecule has 4 rings (SSSR count). The van der Waals surface area contributed by atoms with Crippen molar-refractivity contribution in [2.24, 2.45) is 11.3 Å². The number of likely N-dealkylation sites (tertiary alicyclic amines) is 1. The van der Waals surface area contributed by atoms with E-state index in [2.05, 4.69) is 21.4 Å². The third-order valence-electron chi connectivity index (χ3n) is 6.05. The number of nitrogens with zero attached hydrogens (tertiary/aromatic N) is 2. The number of fused-ring (bicyclic) bond motifs is 1. The number of nitrogens with one attached hydrogen (secondary N) is 1.